The SMILES string of the molecule is O[C@H]1CCCN(c2ncccc2CNc2ccc(-c3ccccc3)nn2)C1. The smallest absolute Gasteiger partial charge is 0.148 e. The maximum atomic E-state index is 9.96. The fourth-order valence-corrected chi connectivity index (χ4v) is 3.38. The van der Waals surface area contributed by atoms with E-state index in [2.05, 4.69) is 31.5 Å². The zero-order valence-corrected chi connectivity index (χ0v) is 15.1. The zero-order valence-electron chi connectivity index (χ0n) is 15.1. The van der Waals surface area contributed by atoms with Crippen LogP contribution in [-0.4, -0.2) is 39.5 Å². The van der Waals surface area contributed by atoms with Gasteiger partial charge < -0.3 is 15.3 Å². The maximum Gasteiger partial charge on any atom is 0.148 e. The molecule has 2 N–H and O–H groups in total. The van der Waals surface area contributed by atoms with Gasteiger partial charge in [0.05, 0.1) is 11.8 Å². The first-order valence-electron chi connectivity index (χ1n) is 9.29. The van der Waals surface area contributed by atoms with Gasteiger partial charge in [-0.3, -0.25) is 0 Å². The molecule has 3 aromatic rings. The molecule has 1 saturated heterocycles. The van der Waals surface area contributed by atoms with E-state index in [0.717, 1.165) is 47.8 Å². The number of benzene rings is 1. The Bertz CT molecular complexity index is 869. The van der Waals surface area contributed by atoms with Crippen molar-refractivity contribution in [1.82, 2.24) is 15.2 Å². The number of hydrogen-bond acceptors (Lipinski definition) is 6. The third kappa shape index (κ3) is 4.23. The van der Waals surface area contributed by atoms with E-state index in [1.165, 1.54) is 0 Å². The lowest BCUT2D eigenvalue weighted by molar-refractivity contribution is 0.154. The summed E-state index contributed by atoms with van der Waals surface area (Å²) in [4.78, 5) is 6.70. The molecule has 6 heteroatoms. The molecular formula is C21H23N5O. The van der Waals surface area contributed by atoms with Gasteiger partial charge >= 0.3 is 0 Å². The first-order chi connectivity index (χ1) is 13.3. The summed E-state index contributed by atoms with van der Waals surface area (Å²) in [5.41, 5.74) is 2.99. The number of aromatic nitrogens is 3. The fourth-order valence-electron chi connectivity index (χ4n) is 3.38. The molecule has 1 aliphatic heterocycles. The lowest BCUT2D eigenvalue weighted by Crippen LogP contribution is -2.39. The molecule has 1 aromatic carbocycles. The maximum absolute atomic E-state index is 9.96. The topological polar surface area (TPSA) is 74.2 Å². The van der Waals surface area contributed by atoms with E-state index >= 15 is 0 Å². The van der Waals surface area contributed by atoms with Crippen molar-refractivity contribution in [2.45, 2.75) is 25.5 Å². The van der Waals surface area contributed by atoms with E-state index in [0.29, 0.717) is 13.1 Å². The van der Waals surface area contributed by atoms with Crippen LogP contribution in [0.15, 0.2) is 60.8 Å². The van der Waals surface area contributed by atoms with Crippen LogP contribution < -0.4 is 10.2 Å². The van der Waals surface area contributed by atoms with Gasteiger partial charge in [-0.05, 0) is 31.0 Å². The van der Waals surface area contributed by atoms with Crippen LogP contribution in [0.2, 0.25) is 0 Å². The summed E-state index contributed by atoms with van der Waals surface area (Å²) in [6.45, 7) is 2.16. The molecule has 1 fully saturated rings. The number of aliphatic hydroxyl groups is 1. The minimum Gasteiger partial charge on any atom is -0.391 e. The number of anilines is 2. The van der Waals surface area contributed by atoms with Crippen LogP contribution in [0.4, 0.5) is 11.6 Å². The summed E-state index contributed by atoms with van der Waals surface area (Å²) in [6.07, 6.45) is 3.36. The number of pyridine rings is 1. The molecule has 138 valence electrons. The lowest BCUT2D eigenvalue weighted by atomic mass is 10.1. The normalized spacial score (nSPS) is 16.9. The summed E-state index contributed by atoms with van der Waals surface area (Å²) in [5, 5.41) is 21.9. The Hall–Kier alpha value is -2.99. The largest absolute Gasteiger partial charge is 0.391 e. The Morgan fingerprint density at radius 2 is 1.93 bits per heavy atom. The van der Waals surface area contributed by atoms with Gasteiger partial charge in [0.25, 0.3) is 0 Å². The Labute approximate surface area is 158 Å². The highest BCUT2D eigenvalue weighted by Crippen LogP contribution is 2.23. The Kier molecular flexibility index (Phi) is 5.25. The highest BCUT2D eigenvalue weighted by Gasteiger charge is 2.20. The third-order valence-corrected chi connectivity index (χ3v) is 4.76. The Morgan fingerprint density at radius 1 is 1.04 bits per heavy atom. The van der Waals surface area contributed by atoms with Crippen molar-refractivity contribution in [3.63, 3.8) is 0 Å². The molecule has 6 nitrogen and oxygen atoms in total. The van der Waals surface area contributed by atoms with Gasteiger partial charge in [0.2, 0.25) is 0 Å². The minimum atomic E-state index is -0.280. The average Bonchev–Trinajstić information content (AvgIpc) is 2.73. The van der Waals surface area contributed by atoms with Crippen molar-refractivity contribution in [1.29, 1.82) is 0 Å². The standard InChI is InChI=1S/C21H23N5O/c27-18-9-5-13-26(15-18)21-17(8-4-12-22-21)14-23-20-11-10-19(24-25-20)16-6-2-1-3-7-16/h1-4,6-8,10-12,18,27H,5,9,13-15H2,(H,23,25)/t18-/m0/s1. The molecular weight excluding hydrogens is 338 g/mol. The number of nitrogens with zero attached hydrogens (tertiary/aromatic N) is 4. The molecule has 2 aromatic heterocycles. The first-order valence-corrected chi connectivity index (χ1v) is 9.29. The molecule has 0 bridgehead atoms. The Balaban J connectivity index is 1.45. The summed E-state index contributed by atoms with van der Waals surface area (Å²) in [7, 11) is 0. The Morgan fingerprint density at radius 3 is 2.70 bits per heavy atom. The van der Waals surface area contributed by atoms with E-state index in [1.54, 1.807) is 6.20 Å². The molecule has 0 aliphatic carbocycles. The van der Waals surface area contributed by atoms with Crippen LogP contribution >= 0.6 is 0 Å². The molecule has 27 heavy (non-hydrogen) atoms. The summed E-state index contributed by atoms with van der Waals surface area (Å²) in [5.74, 6) is 1.65. The predicted molar refractivity (Wildman–Crippen MR) is 106 cm³/mol. The van der Waals surface area contributed by atoms with Crippen molar-refractivity contribution >= 4 is 11.6 Å². The summed E-state index contributed by atoms with van der Waals surface area (Å²) in [6, 6.07) is 17.9. The molecule has 0 amide bonds. The molecule has 3 heterocycles. The van der Waals surface area contributed by atoms with Crippen LogP contribution in [0, 0.1) is 0 Å². The highest BCUT2D eigenvalue weighted by molar-refractivity contribution is 5.59. The number of nitrogens with one attached hydrogen (secondary N) is 1. The van der Waals surface area contributed by atoms with E-state index < -0.39 is 0 Å². The summed E-state index contributed by atoms with van der Waals surface area (Å²) < 4.78 is 0. The van der Waals surface area contributed by atoms with Crippen LogP contribution in [0.3, 0.4) is 0 Å². The molecule has 0 radical (unpaired) electrons. The summed E-state index contributed by atoms with van der Waals surface area (Å²) >= 11 is 0. The monoisotopic (exact) mass is 361 g/mol. The quantitative estimate of drug-likeness (QED) is 0.727. The predicted octanol–water partition coefficient (Wildman–Crippen LogP) is 3.11. The first kappa shape index (κ1) is 17.4. The molecule has 0 spiro atoms. The van der Waals surface area contributed by atoms with Crippen molar-refractivity contribution < 1.29 is 5.11 Å². The van der Waals surface area contributed by atoms with Crippen molar-refractivity contribution in [3.05, 3.63) is 66.4 Å². The van der Waals surface area contributed by atoms with Crippen LogP contribution in [-0.2, 0) is 6.54 Å². The van der Waals surface area contributed by atoms with Crippen molar-refractivity contribution in [2.75, 3.05) is 23.3 Å². The van der Waals surface area contributed by atoms with Gasteiger partial charge in [0.15, 0.2) is 0 Å². The van der Waals surface area contributed by atoms with Crippen LogP contribution in [0.5, 0.6) is 0 Å². The lowest BCUT2D eigenvalue weighted by Gasteiger charge is -2.32. The molecule has 0 saturated carbocycles. The fraction of sp³-hybridized carbons (Fsp3) is 0.286. The average molecular weight is 361 g/mol. The number of hydrogen-bond donors (Lipinski definition) is 2. The van der Waals surface area contributed by atoms with Crippen LogP contribution in [0.25, 0.3) is 11.3 Å². The van der Waals surface area contributed by atoms with E-state index in [9.17, 15) is 5.11 Å². The van der Waals surface area contributed by atoms with E-state index in [1.807, 2.05) is 48.5 Å². The number of aliphatic hydroxyl groups excluding tert-OH is 1. The highest BCUT2D eigenvalue weighted by atomic mass is 16.3. The molecule has 1 aliphatic rings. The van der Waals surface area contributed by atoms with Gasteiger partial charge in [0.1, 0.15) is 11.6 Å². The van der Waals surface area contributed by atoms with E-state index in [4.69, 9.17) is 0 Å². The number of β-amino-alcohol motifs (C(OH)–C–C–N with tert-alkyl or cyclic N) is 1. The van der Waals surface area contributed by atoms with Gasteiger partial charge in [-0.1, -0.05) is 36.4 Å². The van der Waals surface area contributed by atoms with E-state index in [-0.39, 0.29) is 6.10 Å². The van der Waals surface area contributed by atoms with Crippen molar-refractivity contribution in [3.8, 4) is 11.3 Å². The minimum absolute atomic E-state index is 0.280. The van der Waals surface area contributed by atoms with Gasteiger partial charge in [-0.25, -0.2) is 4.98 Å². The van der Waals surface area contributed by atoms with Gasteiger partial charge in [-0.15, -0.1) is 10.2 Å². The number of piperidine rings is 1. The molecule has 1 atom stereocenters. The zero-order chi connectivity index (χ0) is 18.5. The molecule has 4 rings (SSSR count). The van der Waals surface area contributed by atoms with Crippen molar-refractivity contribution in [2.24, 2.45) is 0 Å². The molecule has 0 unspecified atom stereocenters. The number of rotatable bonds is 5. The van der Waals surface area contributed by atoms with Crippen LogP contribution in [0.1, 0.15) is 18.4 Å². The second-order valence-electron chi connectivity index (χ2n) is 6.75. The third-order valence-electron chi connectivity index (χ3n) is 4.76. The second kappa shape index (κ2) is 8.14. The van der Waals surface area contributed by atoms with Gasteiger partial charge in [-0.2, -0.15) is 0 Å². The second-order valence-corrected chi connectivity index (χ2v) is 6.75. The van der Waals surface area contributed by atoms with Gasteiger partial charge in [0, 0.05) is 37.0 Å².